The number of hydrogen-bond donors (Lipinski definition) is 1. The van der Waals surface area contributed by atoms with Gasteiger partial charge in [-0.1, -0.05) is 18.2 Å². The summed E-state index contributed by atoms with van der Waals surface area (Å²) < 4.78 is 14.0. The molecule has 3 heterocycles. The fourth-order valence-corrected chi connectivity index (χ4v) is 4.30. The van der Waals surface area contributed by atoms with Gasteiger partial charge in [0.05, 0.1) is 11.3 Å². The van der Waals surface area contributed by atoms with Gasteiger partial charge in [0, 0.05) is 25.0 Å². The number of halogens is 1. The van der Waals surface area contributed by atoms with Gasteiger partial charge >= 0.3 is 0 Å². The lowest BCUT2D eigenvalue weighted by molar-refractivity contribution is -0.0521. The van der Waals surface area contributed by atoms with Crippen molar-refractivity contribution < 1.29 is 9.50 Å². The van der Waals surface area contributed by atoms with Crippen LogP contribution in [0.15, 0.2) is 30.3 Å². The zero-order valence-electron chi connectivity index (χ0n) is 14.6. The zero-order chi connectivity index (χ0) is 17.3. The Balaban J connectivity index is 1.45. The van der Waals surface area contributed by atoms with E-state index in [1.165, 1.54) is 18.9 Å². The van der Waals surface area contributed by atoms with Crippen LogP contribution >= 0.6 is 0 Å². The second kappa shape index (κ2) is 6.98. The number of rotatable bonds is 4. The van der Waals surface area contributed by atoms with Crippen LogP contribution in [0.2, 0.25) is 0 Å². The molecular formula is C20H26FN3O. The van der Waals surface area contributed by atoms with Gasteiger partial charge in [-0.15, -0.1) is 0 Å². The molecular weight excluding hydrogens is 317 g/mol. The van der Waals surface area contributed by atoms with Crippen molar-refractivity contribution in [1.29, 1.82) is 0 Å². The molecule has 4 nitrogen and oxygen atoms in total. The van der Waals surface area contributed by atoms with Gasteiger partial charge in [-0.2, -0.15) is 0 Å². The van der Waals surface area contributed by atoms with Crippen LogP contribution in [0.5, 0.6) is 0 Å². The van der Waals surface area contributed by atoms with Crippen LogP contribution in [0.4, 0.5) is 4.39 Å². The lowest BCUT2D eigenvalue weighted by Crippen LogP contribution is -2.53. The second-order valence-electron chi connectivity index (χ2n) is 7.64. The van der Waals surface area contributed by atoms with Crippen molar-refractivity contribution in [3.63, 3.8) is 0 Å². The maximum Gasteiger partial charge on any atom is 0.149 e. The van der Waals surface area contributed by atoms with Crippen molar-refractivity contribution >= 4 is 10.9 Å². The third-order valence-corrected chi connectivity index (χ3v) is 5.47. The van der Waals surface area contributed by atoms with Crippen LogP contribution < -0.4 is 0 Å². The molecule has 134 valence electrons. The van der Waals surface area contributed by atoms with Crippen LogP contribution in [-0.2, 0) is 6.54 Å². The van der Waals surface area contributed by atoms with E-state index in [0.717, 1.165) is 50.1 Å². The third kappa shape index (κ3) is 3.84. The highest BCUT2D eigenvalue weighted by atomic mass is 19.1. The topological polar surface area (TPSA) is 39.6 Å². The normalized spacial score (nSPS) is 25.7. The van der Waals surface area contributed by atoms with Crippen molar-refractivity contribution in [2.24, 2.45) is 0 Å². The molecule has 0 spiro atoms. The molecule has 2 aliphatic rings. The van der Waals surface area contributed by atoms with E-state index in [-0.39, 0.29) is 5.82 Å². The first-order valence-corrected chi connectivity index (χ1v) is 9.33. The Morgan fingerprint density at radius 3 is 2.68 bits per heavy atom. The Morgan fingerprint density at radius 1 is 1.04 bits per heavy atom. The minimum Gasteiger partial charge on any atom is -0.387 e. The predicted octanol–water partition coefficient (Wildman–Crippen LogP) is 2.80. The first-order chi connectivity index (χ1) is 12.1. The summed E-state index contributed by atoms with van der Waals surface area (Å²) in [6.45, 7) is 5.26. The summed E-state index contributed by atoms with van der Waals surface area (Å²) >= 11 is 0. The lowest BCUT2D eigenvalue weighted by Gasteiger charge is -2.41. The molecule has 2 aliphatic heterocycles. The highest BCUT2D eigenvalue weighted by Gasteiger charge is 2.35. The van der Waals surface area contributed by atoms with Crippen LogP contribution in [0.25, 0.3) is 10.9 Å². The molecule has 0 amide bonds. The number of benzene rings is 1. The van der Waals surface area contributed by atoms with Crippen LogP contribution in [-0.4, -0.2) is 58.2 Å². The van der Waals surface area contributed by atoms with E-state index in [1.54, 1.807) is 6.07 Å². The van der Waals surface area contributed by atoms with Gasteiger partial charge in [-0.25, -0.2) is 9.37 Å². The van der Waals surface area contributed by atoms with Crippen LogP contribution in [0.1, 0.15) is 31.4 Å². The number of fused-ring (bicyclic) bond motifs is 1. The predicted molar refractivity (Wildman–Crippen MR) is 96.8 cm³/mol. The van der Waals surface area contributed by atoms with Gasteiger partial charge in [-0.05, 0) is 57.5 Å². The lowest BCUT2D eigenvalue weighted by atomic mass is 9.92. The number of nitrogens with zero attached hydrogens (tertiary/aromatic N) is 3. The summed E-state index contributed by atoms with van der Waals surface area (Å²) in [6.07, 6.45) is 4.34. The number of aliphatic hydroxyl groups is 1. The van der Waals surface area contributed by atoms with Gasteiger partial charge in [0.2, 0.25) is 0 Å². The fourth-order valence-electron chi connectivity index (χ4n) is 4.30. The fraction of sp³-hybridized carbons (Fsp3) is 0.550. The number of hydrogen-bond acceptors (Lipinski definition) is 4. The standard InChI is InChI=1S/C20H26FN3O/c21-18-6-3-5-16-7-8-17(22-19(16)18)13-24-12-4-9-20(25,15-24)14-23-10-1-2-11-23/h3,5-8,25H,1-2,4,9-15H2. The number of pyridine rings is 1. The van der Waals surface area contributed by atoms with E-state index in [4.69, 9.17) is 0 Å². The van der Waals surface area contributed by atoms with E-state index in [1.807, 2.05) is 18.2 Å². The van der Waals surface area contributed by atoms with Gasteiger partial charge in [0.25, 0.3) is 0 Å². The summed E-state index contributed by atoms with van der Waals surface area (Å²) in [5.41, 5.74) is 0.664. The van der Waals surface area contributed by atoms with Crippen molar-refractivity contribution in [1.82, 2.24) is 14.8 Å². The second-order valence-corrected chi connectivity index (χ2v) is 7.64. The summed E-state index contributed by atoms with van der Waals surface area (Å²) in [5, 5.41) is 11.9. The maximum atomic E-state index is 14.0. The monoisotopic (exact) mass is 343 g/mol. The third-order valence-electron chi connectivity index (χ3n) is 5.47. The highest BCUT2D eigenvalue weighted by Crippen LogP contribution is 2.25. The van der Waals surface area contributed by atoms with E-state index < -0.39 is 5.60 Å². The van der Waals surface area contributed by atoms with Gasteiger partial charge in [-0.3, -0.25) is 4.90 Å². The quantitative estimate of drug-likeness (QED) is 0.927. The van der Waals surface area contributed by atoms with Crippen molar-refractivity contribution in [2.45, 2.75) is 37.8 Å². The summed E-state index contributed by atoms with van der Waals surface area (Å²) in [7, 11) is 0. The van der Waals surface area contributed by atoms with Crippen molar-refractivity contribution in [2.75, 3.05) is 32.7 Å². The average molecular weight is 343 g/mol. The molecule has 2 saturated heterocycles. The van der Waals surface area contributed by atoms with E-state index in [9.17, 15) is 9.50 Å². The summed E-state index contributed by atoms with van der Waals surface area (Å²) in [6, 6.07) is 8.94. The van der Waals surface area contributed by atoms with Crippen LogP contribution in [0.3, 0.4) is 0 Å². The number of β-amino-alcohol motifs (C(OH)–C–C–N with tert-alkyl or cyclic N) is 1. The molecule has 0 radical (unpaired) electrons. The van der Waals surface area contributed by atoms with Crippen molar-refractivity contribution in [3.8, 4) is 0 Å². The van der Waals surface area contributed by atoms with Gasteiger partial charge in [0.1, 0.15) is 11.3 Å². The molecule has 1 unspecified atom stereocenters. The average Bonchev–Trinajstić information content (AvgIpc) is 3.08. The number of likely N-dealkylation sites (tertiary alicyclic amines) is 2. The van der Waals surface area contributed by atoms with Crippen molar-refractivity contribution in [3.05, 3.63) is 41.8 Å². The Kier molecular flexibility index (Phi) is 4.71. The van der Waals surface area contributed by atoms with Gasteiger partial charge in [0.15, 0.2) is 0 Å². The Hall–Kier alpha value is -1.56. The zero-order valence-corrected chi connectivity index (χ0v) is 14.6. The number of para-hydroxylation sites is 1. The largest absolute Gasteiger partial charge is 0.387 e. The molecule has 0 aliphatic carbocycles. The molecule has 4 rings (SSSR count). The first kappa shape index (κ1) is 16.9. The molecule has 0 bridgehead atoms. The summed E-state index contributed by atoms with van der Waals surface area (Å²) in [5.74, 6) is -0.275. The number of piperidine rings is 1. The van der Waals surface area contributed by atoms with E-state index in [0.29, 0.717) is 18.6 Å². The summed E-state index contributed by atoms with van der Waals surface area (Å²) in [4.78, 5) is 9.15. The highest BCUT2D eigenvalue weighted by molar-refractivity contribution is 5.79. The van der Waals surface area contributed by atoms with E-state index >= 15 is 0 Å². The first-order valence-electron chi connectivity index (χ1n) is 9.33. The Bertz CT molecular complexity index is 747. The van der Waals surface area contributed by atoms with Gasteiger partial charge < -0.3 is 10.0 Å². The number of aromatic nitrogens is 1. The minimum atomic E-state index is -0.634. The molecule has 0 saturated carbocycles. The minimum absolute atomic E-state index is 0.275. The maximum absolute atomic E-state index is 14.0. The van der Waals surface area contributed by atoms with E-state index in [2.05, 4.69) is 14.8 Å². The molecule has 2 fully saturated rings. The Morgan fingerprint density at radius 2 is 1.84 bits per heavy atom. The SMILES string of the molecule is OC1(CN2CCCC2)CCCN(Cc2ccc3cccc(F)c3n2)C1. The molecule has 5 heteroatoms. The molecule has 1 aromatic carbocycles. The van der Waals surface area contributed by atoms with Crippen LogP contribution in [0, 0.1) is 5.82 Å². The smallest absolute Gasteiger partial charge is 0.149 e. The molecule has 1 aromatic heterocycles. The molecule has 1 atom stereocenters. The Labute approximate surface area is 148 Å². The molecule has 2 aromatic rings. The molecule has 25 heavy (non-hydrogen) atoms. The molecule has 1 N–H and O–H groups in total.